The van der Waals surface area contributed by atoms with Crippen LogP contribution in [0.15, 0.2) is 17.0 Å². The number of nitrogens with zero attached hydrogens (tertiary/aromatic N) is 1. The number of carbonyl (C=O) groups is 1. The third-order valence-corrected chi connectivity index (χ3v) is 6.63. The number of halogens is 1. The molecule has 1 atom stereocenters. The predicted molar refractivity (Wildman–Crippen MR) is 88.1 cm³/mol. The molecule has 0 amide bonds. The summed E-state index contributed by atoms with van der Waals surface area (Å²) in [7, 11) is -1.27. The normalized spacial score (nSPS) is 21.8. The Morgan fingerprint density at radius 2 is 2.08 bits per heavy atom. The van der Waals surface area contributed by atoms with Crippen LogP contribution >= 0.6 is 11.6 Å². The molecule has 1 aromatic rings. The van der Waals surface area contributed by atoms with Gasteiger partial charge in [-0.2, -0.15) is 4.31 Å². The summed E-state index contributed by atoms with van der Waals surface area (Å²) in [6.07, 6.45) is 0.635. The van der Waals surface area contributed by atoms with Crippen LogP contribution in [-0.4, -0.2) is 56.7 Å². The summed E-state index contributed by atoms with van der Waals surface area (Å²) < 4.78 is 37.3. The first kappa shape index (κ1) is 19.0. The Morgan fingerprint density at radius 1 is 1.42 bits per heavy atom. The van der Waals surface area contributed by atoms with Crippen molar-refractivity contribution in [2.45, 2.75) is 30.2 Å². The predicted octanol–water partition coefficient (Wildman–Crippen LogP) is 1.91. The van der Waals surface area contributed by atoms with Gasteiger partial charge in [0, 0.05) is 13.7 Å². The topological polar surface area (TPSA) is 93.1 Å². The fraction of sp³-hybridized carbons (Fsp3) is 0.533. The number of ether oxygens (including phenoxy) is 2. The van der Waals surface area contributed by atoms with Gasteiger partial charge in [0.25, 0.3) is 0 Å². The van der Waals surface area contributed by atoms with Gasteiger partial charge in [-0.05, 0) is 37.5 Å². The lowest BCUT2D eigenvalue weighted by atomic mass is 9.99. The molecular weight excluding hydrogens is 358 g/mol. The van der Waals surface area contributed by atoms with E-state index in [2.05, 4.69) is 0 Å². The molecule has 1 unspecified atom stereocenters. The minimum Gasteiger partial charge on any atom is -0.495 e. The maximum atomic E-state index is 13.1. The molecule has 24 heavy (non-hydrogen) atoms. The molecule has 1 heterocycles. The molecule has 0 saturated carbocycles. The molecule has 1 fully saturated rings. The highest BCUT2D eigenvalue weighted by molar-refractivity contribution is 7.89. The first-order valence-corrected chi connectivity index (χ1v) is 9.12. The zero-order chi connectivity index (χ0) is 18.1. The molecule has 0 radical (unpaired) electrons. The third kappa shape index (κ3) is 2.99. The van der Waals surface area contributed by atoms with Gasteiger partial charge in [0.2, 0.25) is 10.0 Å². The molecule has 1 aliphatic heterocycles. The molecule has 1 aromatic carbocycles. The van der Waals surface area contributed by atoms with E-state index >= 15 is 0 Å². The number of carboxylic acids is 1. The van der Waals surface area contributed by atoms with Crippen molar-refractivity contribution in [1.82, 2.24) is 4.31 Å². The average Bonchev–Trinajstić information content (AvgIpc) is 2.95. The number of hydrogen-bond donors (Lipinski definition) is 1. The summed E-state index contributed by atoms with van der Waals surface area (Å²) >= 11 is 6.06. The van der Waals surface area contributed by atoms with Gasteiger partial charge >= 0.3 is 5.97 Å². The lowest BCUT2D eigenvalue weighted by Crippen LogP contribution is -2.56. The zero-order valence-electron chi connectivity index (χ0n) is 13.7. The van der Waals surface area contributed by atoms with Crippen molar-refractivity contribution in [3.63, 3.8) is 0 Å². The second kappa shape index (κ2) is 6.87. The van der Waals surface area contributed by atoms with Gasteiger partial charge in [0.1, 0.15) is 5.75 Å². The number of carboxylic acid groups (broad SMARTS) is 1. The van der Waals surface area contributed by atoms with E-state index in [1.807, 2.05) is 0 Å². The van der Waals surface area contributed by atoms with Gasteiger partial charge in [0.15, 0.2) is 5.54 Å². The van der Waals surface area contributed by atoms with E-state index < -0.39 is 21.5 Å². The van der Waals surface area contributed by atoms with Crippen molar-refractivity contribution >= 4 is 27.6 Å². The van der Waals surface area contributed by atoms with Crippen LogP contribution in [0.2, 0.25) is 5.02 Å². The first-order chi connectivity index (χ1) is 11.2. The highest BCUT2D eigenvalue weighted by Gasteiger charge is 2.53. The van der Waals surface area contributed by atoms with E-state index in [-0.39, 0.29) is 29.5 Å². The third-order valence-electron chi connectivity index (χ3n) is 4.23. The number of aliphatic carboxylic acids is 1. The average molecular weight is 378 g/mol. The summed E-state index contributed by atoms with van der Waals surface area (Å²) in [5.41, 5.74) is -1.17. The molecule has 0 aromatic heterocycles. The Bertz CT molecular complexity index is 751. The van der Waals surface area contributed by atoms with Gasteiger partial charge in [-0.15, -0.1) is 0 Å². The SMILES string of the molecule is COCC1(C(=O)O)CCCN1S(=O)(=O)c1cc(Cl)c(OC)cc1C. The number of sulfonamides is 1. The maximum Gasteiger partial charge on any atom is 0.327 e. The molecular formula is C15H20ClNO6S. The molecule has 9 heteroatoms. The van der Waals surface area contributed by atoms with Crippen LogP contribution < -0.4 is 4.74 Å². The molecule has 2 rings (SSSR count). The van der Waals surface area contributed by atoms with Crippen molar-refractivity contribution in [2.24, 2.45) is 0 Å². The zero-order valence-corrected chi connectivity index (χ0v) is 15.3. The van der Waals surface area contributed by atoms with Crippen LogP contribution in [0.25, 0.3) is 0 Å². The van der Waals surface area contributed by atoms with E-state index in [1.165, 1.54) is 26.4 Å². The summed E-state index contributed by atoms with van der Waals surface area (Å²) in [4.78, 5) is 11.8. The van der Waals surface area contributed by atoms with Crippen molar-refractivity contribution in [2.75, 3.05) is 27.4 Å². The fourth-order valence-electron chi connectivity index (χ4n) is 3.05. The quantitative estimate of drug-likeness (QED) is 0.814. The van der Waals surface area contributed by atoms with Crippen molar-refractivity contribution < 1.29 is 27.8 Å². The minimum atomic E-state index is -4.06. The lowest BCUT2D eigenvalue weighted by Gasteiger charge is -2.33. The van der Waals surface area contributed by atoms with E-state index in [4.69, 9.17) is 21.1 Å². The molecule has 1 saturated heterocycles. The van der Waals surface area contributed by atoms with Crippen LogP contribution in [-0.2, 0) is 19.6 Å². The number of benzene rings is 1. The molecule has 0 aliphatic carbocycles. The van der Waals surface area contributed by atoms with Crippen molar-refractivity contribution in [3.05, 3.63) is 22.7 Å². The minimum absolute atomic E-state index is 0.0306. The Kier molecular flexibility index (Phi) is 5.44. The largest absolute Gasteiger partial charge is 0.495 e. The number of methoxy groups -OCH3 is 2. The van der Waals surface area contributed by atoms with Crippen LogP contribution in [0.3, 0.4) is 0 Å². The summed E-state index contributed by atoms with van der Waals surface area (Å²) in [5.74, 6) is -0.862. The van der Waals surface area contributed by atoms with Gasteiger partial charge in [0.05, 0.1) is 23.6 Å². The molecule has 0 spiro atoms. The van der Waals surface area contributed by atoms with Crippen molar-refractivity contribution in [3.8, 4) is 5.75 Å². The highest BCUT2D eigenvalue weighted by atomic mass is 35.5. The molecule has 1 N–H and O–H groups in total. The smallest absolute Gasteiger partial charge is 0.327 e. The van der Waals surface area contributed by atoms with E-state index in [9.17, 15) is 18.3 Å². The Labute approximate surface area is 146 Å². The van der Waals surface area contributed by atoms with E-state index in [0.717, 1.165) is 4.31 Å². The standard InChI is InChI=1S/C15H20ClNO6S/c1-10-7-12(23-3)11(16)8-13(10)24(20,21)17-6-4-5-15(17,9-22-2)14(18)19/h7-8H,4-6,9H2,1-3H3,(H,18,19). The maximum absolute atomic E-state index is 13.1. The monoisotopic (exact) mass is 377 g/mol. The molecule has 134 valence electrons. The fourth-order valence-corrected chi connectivity index (χ4v) is 5.38. The summed E-state index contributed by atoms with van der Waals surface area (Å²) in [6, 6.07) is 2.81. The van der Waals surface area contributed by atoms with Gasteiger partial charge < -0.3 is 14.6 Å². The molecule has 1 aliphatic rings. The first-order valence-electron chi connectivity index (χ1n) is 7.30. The lowest BCUT2D eigenvalue weighted by molar-refractivity contribution is -0.150. The van der Waals surface area contributed by atoms with E-state index in [1.54, 1.807) is 6.92 Å². The van der Waals surface area contributed by atoms with Crippen LogP contribution in [0.1, 0.15) is 18.4 Å². The van der Waals surface area contributed by atoms with Crippen LogP contribution in [0, 0.1) is 6.92 Å². The van der Waals surface area contributed by atoms with Crippen molar-refractivity contribution in [1.29, 1.82) is 0 Å². The molecule has 7 nitrogen and oxygen atoms in total. The van der Waals surface area contributed by atoms with Gasteiger partial charge in [-0.25, -0.2) is 8.42 Å². The second-order valence-corrected chi connectivity index (χ2v) is 7.94. The summed E-state index contributed by atoms with van der Waals surface area (Å²) in [6.45, 7) is 1.51. The highest BCUT2D eigenvalue weighted by Crippen LogP contribution is 2.38. The summed E-state index contributed by atoms with van der Waals surface area (Å²) in [5, 5.41) is 9.80. The second-order valence-electron chi connectivity index (χ2n) is 5.70. The van der Waals surface area contributed by atoms with Crippen LogP contribution in [0.5, 0.6) is 5.75 Å². The Balaban J connectivity index is 2.58. The number of aryl methyl sites for hydroxylation is 1. The Hall–Kier alpha value is -1.35. The number of rotatable bonds is 6. The van der Waals surface area contributed by atoms with Gasteiger partial charge in [-0.3, -0.25) is 4.79 Å². The number of hydrogen-bond acceptors (Lipinski definition) is 5. The molecule has 0 bridgehead atoms. The Morgan fingerprint density at radius 3 is 2.62 bits per heavy atom. The van der Waals surface area contributed by atoms with Crippen LogP contribution in [0.4, 0.5) is 0 Å². The van der Waals surface area contributed by atoms with E-state index in [0.29, 0.717) is 17.7 Å². The van der Waals surface area contributed by atoms with Gasteiger partial charge in [-0.1, -0.05) is 11.6 Å².